The van der Waals surface area contributed by atoms with E-state index >= 15 is 0 Å². The van der Waals surface area contributed by atoms with Crippen LogP contribution in [0.2, 0.25) is 0 Å². The van der Waals surface area contributed by atoms with Gasteiger partial charge in [0.1, 0.15) is 0 Å². The molecule has 2 N–H and O–H groups in total. The Labute approximate surface area is 138 Å². The Morgan fingerprint density at radius 2 is 1.58 bits per heavy atom. The number of hydrogen-bond donors (Lipinski definition) is 2. The molecule has 1 saturated heterocycles. The lowest BCUT2D eigenvalue weighted by Crippen LogP contribution is -2.40. The van der Waals surface area contributed by atoms with Crippen molar-refractivity contribution in [1.29, 1.82) is 0 Å². The molecule has 1 unspecified atom stereocenters. The van der Waals surface area contributed by atoms with Crippen LogP contribution in [0.25, 0.3) is 0 Å². The predicted octanol–water partition coefficient (Wildman–Crippen LogP) is 1.67. The molecular weight excluding hydrogens is 310 g/mol. The third kappa shape index (κ3) is 2.89. The largest absolute Gasteiger partial charge is 0.479 e. The Morgan fingerprint density at radius 3 is 2.12 bits per heavy atom. The number of aliphatic carboxylic acids is 1. The summed E-state index contributed by atoms with van der Waals surface area (Å²) in [5, 5.41) is 19.1. The van der Waals surface area contributed by atoms with Crippen LogP contribution in [0.4, 0.5) is 0 Å². The van der Waals surface area contributed by atoms with Crippen molar-refractivity contribution in [2.24, 2.45) is 0 Å². The number of carbonyl (C=O) groups is 2. The summed E-state index contributed by atoms with van der Waals surface area (Å²) in [6, 6.07) is 16.6. The lowest BCUT2D eigenvalue weighted by atomic mass is 9.99. The van der Waals surface area contributed by atoms with E-state index in [0.29, 0.717) is 11.1 Å². The monoisotopic (exact) mass is 327 g/mol. The van der Waals surface area contributed by atoms with Crippen LogP contribution in [0.3, 0.4) is 0 Å². The van der Waals surface area contributed by atoms with Gasteiger partial charge in [0.05, 0.1) is 12.6 Å². The first-order chi connectivity index (χ1) is 11.6. The second-order valence-corrected chi connectivity index (χ2v) is 5.47. The van der Waals surface area contributed by atoms with Crippen LogP contribution >= 0.6 is 0 Å². The molecule has 24 heavy (non-hydrogen) atoms. The van der Waals surface area contributed by atoms with Crippen LogP contribution in [0.15, 0.2) is 60.7 Å². The highest BCUT2D eigenvalue weighted by molar-refractivity contribution is 5.95. The molecular formula is C18H17NO5. The van der Waals surface area contributed by atoms with Gasteiger partial charge in [-0.25, -0.2) is 4.79 Å². The van der Waals surface area contributed by atoms with E-state index in [2.05, 4.69) is 0 Å². The molecule has 6 nitrogen and oxygen atoms in total. The summed E-state index contributed by atoms with van der Waals surface area (Å²) < 4.78 is 5.45. The van der Waals surface area contributed by atoms with Crippen molar-refractivity contribution in [2.45, 2.75) is 18.4 Å². The molecule has 1 aliphatic heterocycles. The third-order valence-corrected chi connectivity index (χ3v) is 4.00. The van der Waals surface area contributed by atoms with Crippen LogP contribution in [0.1, 0.15) is 22.0 Å². The minimum atomic E-state index is -1.24. The number of carboxylic acid groups (broad SMARTS) is 1. The van der Waals surface area contributed by atoms with Gasteiger partial charge in [-0.15, -0.1) is 0 Å². The average Bonchev–Trinajstić information content (AvgIpc) is 3.02. The molecule has 2 aromatic carbocycles. The molecule has 6 heteroatoms. The number of nitrogens with zero attached hydrogens (tertiary/aromatic N) is 1. The van der Waals surface area contributed by atoms with Gasteiger partial charge in [-0.2, -0.15) is 0 Å². The molecule has 3 rings (SSSR count). The van der Waals surface area contributed by atoms with E-state index in [4.69, 9.17) is 4.74 Å². The van der Waals surface area contributed by atoms with Crippen molar-refractivity contribution in [2.75, 3.05) is 6.61 Å². The lowest BCUT2D eigenvalue weighted by Gasteiger charge is -2.28. The molecule has 1 aliphatic rings. The first-order valence-corrected chi connectivity index (χ1v) is 7.55. The summed E-state index contributed by atoms with van der Waals surface area (Å²) in [7, 11) is 0. The van der Waals surface area contributed by atoms with Gasteiger partial charge in [0.25, 0.3) is 5.91 Å². The first-order valence-electron chi connectivity index (χ1n) is 7.55. The standard InChI is InChI=1S/C18H17NO5/c20-11-14-19(17(21)13-9-5-2-6-10-13)15(16(24-14)18(22)23)12-7-3-1-4-8-12/h1-10,14-16,20H,11H2,(H,22,23)/t14?,15-,16+/m0/s1. The fourth-order valence-electron chi connectivity index (χ4n) is 2.93. The summed E-state index contributed by atoms with van der Waals surface area (Å²) in [6.07, 6.45) is -2.25. The van der Waals surface area contributed by atoms with E-state index in [9.17, 15) is 19.8 Å². The number of carboxylic acids is 1. The maximum Gasteiger partial charge on any atom is 0.335 e. The molecule has 1 amide bonds. The van der Waals surface area contributed by atoms with Gasteiger partial charge < -0.3 is 19.8 Å². The molecule has 1 heterocycles. The number of hydrogen-bond acceptors (Lipinski definition) is 4. The van der Waals surface area contributed by atoms with E-state index in [-0.39, 0.29) is 5.91 Å². The van der Waals surface area contributed by atoms with Crippen LogP contribution in [-0.2, 0) is 9.53 Å². The van der Waals surface area contributed by atoms with Crippen LogP contribution < -0.4 is 0 Å². The molecule has 0 spiro atoms. The fraction of sp³-hybridized carbons (Fsp3) is 0.222. The summed E-state index contributed by atoms with van der Waals surface area (Å²) >= 11 is 0. The molecule has 0 aromatic heterocycles. The zero-order valence-corrected chi connectivity index (χ0v) is 12.8. The van der Waals surface area contributed by atoms with Crippen molar-refractivity contribution < 1.29 is 24.5 Å². The summed E-state index contributed by atoms with van der Waals surface area (Å²) in [6.45, 7) is -0.480. The first kappa shape index (κ1) is 16.2. The van der Waals surface area contributed by atoms with Gasteiger partial charge in [-0.3, -0.25) is 4.79 Å². The predicted molar refractivity (Wildman–Crippen MR) is 85.2 cm³/mol. The Morgan fingerprint density at radius 1 is 1.00 bits per heavy atom. The Bertz CT molecular complexity index is 719. The molecule has 0 saturated carbocycles. The third-order valence-electron chi connectivity index (χ3n) is 4.00. The zero-order valence-electron chi connectivity index (χ0n) is 12.8. The number of ether oxygens (including phenoxy) is 1. The fourth-order valence-corrected chi connectivity index (χ4v) is 2.93. The SMILES string of the molecule is O=C(O)[C@@H]1OC(CO)N(C(=O)c2ccccc2)[C@H]1c1ccccc1. The average molecular weight is 327 g/mol. The number of aliphatic hydroxyl groups is 1. The van der Waals surface area contributed by atoms with E-state index in [1.165, 1.54) is 4.90 Å². The van der Waals surface area contributed by atoms with Gasteiger partial charge >= 0.3 is 5.97 Å². The Hall–Kier alpha value is -2.70. The highest BCUT2D eigenvalue weighted by atomic mass is 16.6. The van der Waals surface area contributed by atoms with Gasteiger partial charge in [-0.1, -0.05) is 48.5 Å². The van der Waals surface area contributed by atoms with Crippen LogP contribution in [0.5, 0.6) is 0 Å². The van der Waals surface area contributed by atoms with Gasteiger partial charge in [0.2, 0.25) is 0 Å². The van der Waals surface area contributed by atoms with Gasteiger partial charge in [0.15, 0.2) is 12.3 Å². The summed E-state index contributed by atoms with van der Waals surface area (Å²) in [5.41, 5.74) is 1.05. The van der Waals surface area contributed by atoms with E-state index < -0.39 is 30.9 Å². The van der Waals surface area contributed by atoms with E-state index in [1.54, 1.807) is 54.6 Å². The quantitative estimate of drug-likeness (QED) is 0.892. The molecule has 2 aromatic rings. The van der Waals surface area contributed by atoms with Crippen molar-refractivity contribution in [1.82, 2.24) is 4.90 Å². The van der Waals surface area contributed by atoms with Crippen molar-refractivity contribution >= 4 is 11.9 Å². The van der Waals surface area contributed by atoms with E-state index in [1.807, 2.05) is 6.07 Å². The van der Waals surface area contributed by atoms with E-state index in [0.717, 1.165) is 0 Å². The van der Waals surface area contributed by atoms with Gasteiger partial charge in [-0.05, 0) is 17.7 Å². The van der Waals surface area contributed by atoms with Crippen LogP contribution in [0, 0.1) is 0 Å². The van der Waals surface area contributed by atoms with Crippen molar-refractivity contribution in [3.05, 3.63) is 71.8 Å². The number of rotatable bonds is 4. The second kappa shape index (κ2) is 6.82. The zero-order chi connectivity index (χ0) is 17.1. The molecule has 0 radical (unpaired) electrons. The van der Waals surface area contributed by atoms with Gasteiger partial charge in [0, 0.05) is 5.56 Å². The maximum absolute atomic E-state index is 12.9. The number of aliphatic hydroxyl groups excluding tert-OH is 1. The van der Waals surface area contributed by atoms with Crippen LogP contribution in [-0.4, -0.2) is 45.9 Å². The summed E-state index contributed by atoms with van der Waals surface area (Å²) in [5.74, 6) is -1.56. The molecule has 124 valence electrons. The highest BCUT2D eigenvalue weighted by Gasteiger charge is 2.48. The Balaban J connectivity index is 2.05. The normalized spacial score (nSPS) is 23.2. The maximum atomic E-state index is 12.9. The smallest absolute Gasteiger partial charge is 0.335 e. The molecule has 3 atom stereocenters. The molecule has 0 aliphatic carbocycles. The van der Waals surface area contributed by atoms with Crippen molar-refractivity contribution in [3.63, 3.8) is 0 Å². The number of amides is 1. The lowest BCUT2D eigenvalue weighted by molar-refractivity contribution is -0.151. The highest BCUT2D eigenvalue weighted by Crippen LogP contribution is 2.37. The topological polar surface area (TPSA) is 87.1 Å². The Kier molecular flexibility index (Phi) is 4.59. The minimum absolute atomic E-state index is 0.382. The molecule has 1 fully saturated rings. The number of benzene rings is 2. The summed E-state index contributed by atoms with van der Waals surface area (Å²) in [4.78, 5) is 25.8. The van der Waals surface area contributed by atoms with Crippen molar-refractivity contribution in [3.8, 4) is 0 Å². The molecule has 0 bridgehead atoms. The second-order valence-electron chi connectivity index (χ2n) is 5.47. The minimum Gasteiger partial charge on any atom is -0.479 e. The number of carbonyl (C=O) groups excluding carboxylic acids is 1.